The molecule has 0 spiro atoms. The standard InChI is InChI=1S/C7H3ClF3N3/c8-4-1-12-6-5(7(9,10)11)2-13-14(6)3-4/h1-3H. The Kier molecular flexibility index (Phi) is 1.88. The molecule has 0 radical (unpaired) electrons. The first-order valence-corrected chi connectivity index (χ1v) is 3.92. The normalized spacial score (nSPS) is 12.3. The molecule has 0 fully saturated rings. The molecule has 0 bridgehead atoms. The van der Waals surface area contributed by atoms with E-state index in [-0.39, 0.29) is 10.7 Å². The summed E-state index contributed by atoms with van der Waals surface area (Å²) in [6.45, 7) is 0. The van der Waals surface area contributed by atoms with Crippen LogP contribution in [0.25, 0.3) is 5.65 Å². The maximum absolute atomic E-state index is 12.3. The second-order valence-corrected chi connectivity index (χ2v) is 3.03. The monoisotopic (exact) mass is 221 g/mol. The summed E-state index contributed by atoms with van der Waals surface area (Å²) in [5.41, 5.74) is -1.11. The Balaban J connectivity index is 2.70. The fourth-order valence-electron chi connectivity index (χ4n) is 1.05. The first-order chi connectivity index (χ1) is 6.48. The maximum atomic E-state index is 12.3. The van der Waals surface area contributed by atoms with Crippen molar-refractivity contribution in [3.8, 4) is 0 Å². The van der Waals surface area contributed by atoms with Gasteiger partial charge in [-0.1, -0.05) is 11.6 Å². The summed E-state index contributed by atoms with van der Waals surface area (Å²) in [5.74, 6) is 0. The number of alkyl halides is 3. The highest BCUT2D eigenvalue weighted by Crippen LogP contribution is 2.31. The van der Waals surface area contributed by atoms with Crippen LogP contribution in [0.3, 0.4) is 0 Å². The highest BCUT2D eigenvalue weighted by Gasteiger charge is 2.35. The van der Waals surface area contributed by atoms with Crippen molar-refractivity contribution >= 4 is 17.2 Å². The Morgan fingerprint density at radius 3 is 2.64 bits per heavy atom. The van der Waals surface area contributed by atoms with Gasteiger partial charge in [0, 0.05) is 6.20 Å². The third kappa shape index (κ3) is 1.41. The molecule has 2 aromatic rings. The largest absolute Gasteiger partial charge is 0.421 e. The van der Waals surface area contributed by atoms with E-state index in [9.17, 15) is 13.2 Å². The topological polar surface area (TPSA) is 30.2 Å². The van der Waals surface area contributed by atoms with Crippen molar-refractivity contribution in [1.29, 1.82) is 0 Å². The number of fused-ring (bicyclic) bond motifs is 1. The quantitative estimate of drug-likeness (QED) is 0.684. The summed E-state index contributed by atoms with van der Waals surface area (Å²) in [6, 6.07) is 0. The summed E-state index contributed by atoms with van der Waals surface area (Å²) in [6.07, 6.45) is -1.31. The van der Waals surface area contributed by atoms with Crippen LogP contribution in [0.4, 0.5) is 13.2 Å². The van der Waals surface area contributed by atoms with Crippen molar-refractivity contribution < 1.29 is 13.2 Å². The van der Waals surface area contributed by atoms with Crippen LogP contribution in [0.1, 0.15) is 5.56 Å². The fraction of sp³-hybridized carbons (Fsp3) is 0.143. The minimum Gasteiger partial charge on any atom is -0.235 e. The van der Waals surface area contributed by atoms with Gasteiger partial charge in [-0.15, -0.1) is 0 Å². The molecule has 0 saturated heterocycles. The van der Waals surface area contributed by atoms with Crippen molar-refractivity contribution in [3.63, 3.8) is 0 Å². The summed E-state index contributed by atoms with van der Waals surface area (Å²) in [5, 5.41) is 3.73. The lowest BCUT2D eigenvalue weighted by atomic mass is 10.3. The zero-order chi connectivity index (χ0) is 10.3. The van der Waals surface area contributed by atoms with Gasteiger partial charge in [0.15, 0.2) is 5.65 Å². The zero-order valence-electron chi connectivity index (χ0n) is 6.59. The van der Waals surface area contributed by atoms with Crippen molar-refractivity contribution in [1.82, 2.24) is 14.6 Å². The van der Waals surface area contributed by atoms with E-state index in [1.165, 1.54) is 6.20 Å². The molecule has 0 atom stereocenters. The lowest BCUT2D eigenvalue weighted by molar-refractivity contribution is -0.136. The van der Waals surface area contributed by atoms with Crippen LogP contribution in [0.15, 0.2) is 18.6 Å². The van der Waals surface area contributed by atoms with Crippen LogP contribution < -0.4 is 0 Å². The van der Waals surface area contributed by atoms with Crippen LogP contribution in [-0.2, 0) is 6.18 Å². The molecule has 2 heterocycles. The van der Waals surface area contributed by atoms with Gasteiger partial charge in [0.25, 0.3) is 0 Å². The van der Waals surface area contributed by atoms with E-state index in [0.29, 0.717) is 0 Å². The number of nitrogens with zero attached hydrogens (tertiary/aromatic N) is 3. The molecule has 0 aromatic carbocycles. The molecule has 0 amide bonds. The van der Waals surface area contributed by atoms with Gasteiger partial charge in [-0.3, -0.25) is 0 Å². The van der Waals surface area contributed by atoms with Crippen LogP contribution in [0.5, 0.6) is 0 Å². The first kappa shape index (κ1) is 9.26. The average molecular weight is 222 g/mol. The van der Waals surface area contributed by atoms with Crippen LogP contribution in [0, 0.1) is 0 Å². The molecule has 0 aliphatic heterocycles. The lowest BCUT2D eigenvalue weighted by Crippen LogP contribution is -2.04. The van der Waals surface area contributed by atoms with Gasteiger partial charge in [0.05, 0.1) is 17.4 Å². The van der Waals surface area contributed by atoms with E-state index < -0.39 is 11.7 Å². The van der Waals surface area contributed by atoms with Gasteiger partial charge in [-0.2, -0.15) is 18.3 Å². The molecule has 0 aliphatic carbocycles. The Hall–Kier alpha value is -1.30. The van der Waals surface area contributed by atoms with Crippen molar-refractivity contribution in [2.45, 2.75) is 6.18 Å². The predicted octanol–water partition coefficient (Wildman–Crippen LogP) is 2.40. The van der Waals surface area contributed by atoms with Gasteiger partial charge in [-0.25, -0.2) is 9.50 Å². The second kappa shape index (κ2) is 2.84. The van der Waals surface area contributed by atoms with E-state index in [1.807, 2.05) is 0 Å². The zero-order valence-corrected chi connectivity index (χ0v) is 7.34. The molecule has 7 heteroatoms. The van der Waals surface area contributed by atoms with Crippen LogP contribution in [-0.4, -0.2) is 14.6 Å². The Morgan fingerprint density at radius 1 is 1.29 bits per heavy atom. The average Bonchev–Trinajstić information content (AvgIpc) is 2.45. The van der Waals surface area contributed by atoms with E-state index in [0.717, 1.165) is 16.9 Å². The summed E-state index contributed by atoms with van der Waals surface area (Å²) in [7, 11) is 0. The summed E-state index contributed by atoms with van der Waals surface area (Å²) in [4.78, 5) is 3.56. The van der Waals surface area contributed by atoms with Crippen molar-refractivity contribution in [2.24, 2.45) is 0 Å². The number of halogens is 4. The Bertz CT molecular complexity index is 476. The molecule has 14 heavy (non-hydrogen) atoms. The van der Waals surface area contributed by atoms with Gasteiger partial charge < -0.3 is 0 Å². The Morgan fingerprint density at radius 2 is 2.00 bits per heavy atom. The highest BCUT2D eigenvalue weighted by molar-refractivity contribution is 6.30. The Labute approximate surface area is 81.1 Å². The molecule has 0 unspecified atom stereocenters. The van der Waals surface area contributed by atoms with Crippen LogP contribution in [0.2, 0.25) is 5.02 Å². The maximum Gasteiger partial charge on any atom is 0.421 e. The number of hydrogen-bond acceptors (Lipinski definition) is 2. The van der Waals surface area contributed by atoms with Crippen molar-refractivity contribution in [3.05, 3.63) is 29.2 Å². The predicted molar refractivity (Wildman–Crippen MR) is 43.0 cm³/mol. The lowest BCUT2D eigenvalue weighted by Gasteiger charge is -2.02. The smallest absolute Gasteiger partial charge is 0.235 e. The molecule has 0 saturated carbocycles. The second-order valence-electron chi connectivity index (χ2n) is 2.60. The van der Waals surface area contributed by atoms with Gasteiger partial charge in [0.2, 0.25) is 0 Å². The summed E-state index contributed by atoms with van der Waals surface area (Å²) >= 11 is 5.54. The molecule has 2 rings (SSSR count). The number of aromatic nitrogens is 3. The molecule has 3 nitrogen and oxygen atoms in total. The molecule has 74 valence electrons. The van der Waals surface area contributed by atoms with E-state index in [1.54, 1.807) is 0 Å². The van der Waals surface area contributed by atoms with Gasteiger partial charge >= 0.3 is 6.18 Å². The third-order valence-corrected chi connectivity index (χ3v) is 1.83. The minimum atomic E-state index is -4.44. The SMILES string of the molecule is FC(F)(F)c1cnn2cc(Cl)cnc12. The molecule has 2 aromatic heterocycles. The minimum absolute atomic E-state index is 0.231. The third-order valence-electron chi connectivity index (χ3n) is 1.63. The fourth-order valence-corrected chi connectivity index (χ4v) is 1.19. The van der Waals surface area contributed by atoms with E-state index in [2.05, 4.69) is 10.1 Å². The highest BCUT2D eigenvalue weighted by atomic mass is 35.5. The molecular weight excluding hydrogens is 219 g/mol. The molecular formula is C7H3ClF3N3. The first-order valence-electron chi connectivity index (χ1n) is 3.54. The van der Waals surface area contributed by atoms with E-state index in [4.69, 9.17) is 11.6 Å². The van der Waals surface area contributed by atoms with Gasteiger partial charge in [0.1, 0.15) is 5.56 Å². The van der Waals surface area contributed by atoms with Crippen LogP contribution >= 0.6 is 11.6 Å². The summed E-state index contributed by atoms with van der Waals surface area (Å²) < 4.78 is 38.0. The number of rotatable bonds is 0. The molecule has 0 aliphatic rings. The van der Waals surface area contributed by atoms with Gasteiger partial charge in [-0.05, 0) is 0 Å². The van der Waals surface area contributed by atoms with E-state index >= 15 is 0 Å². The molecule has 0 N–H and O–H groups in total. The number of hydrogen-bond donors (Lipinski definition) is 0. The van der Waals surface area contributed by atoms with Crippen molar-refractivity contribution in [2.75, 3.05) is 0 Å².